The molecule has 164 valence electrons. The second kappa shape index (κ2) is 8.79. The number of ether oxygens (including phenoxy) is 1. The Labute approximate surface area is 182 Å². The van der Waals surface area contributed by atoms with E-state index < -0.39 is 0 Å². The third-order valence-corrected chi connectivity index (χ3v) is 5.85. The van der Waals surface area contributed by atoms with E-state index in [2.05, 4.69) is 15.1 Å². The van der Waals surface area contributed by atoms with Crippen LogP contribution in [0.15, 0.2) is 36.4 Å². The predicted octanol–water partition coefficient (Wildman–Crippen LogP) is 1.25. The number of amides is 2. The highest BCUT2D eigenvalue weighted by Crippen LogP contribution is 2.29. The monoisotopic (exact) mass is 424 g/mol. The van der Waals surface area contributed by atoms with Gasteiger partial charge < -0.3 is 24.3 Å². The van der Waals surface area contributed by atoms with Crippen molar-refractivity contribution in [2.75, 3.05) is 68.6 Å². The number of anilines is 3. The number of hydrogen-bond acceptors (Lipinski definition) is 7. The Morgan fingerprint density at radius 2 is 1.87 bits per heavy atom. The summed E-state index contributed by atoms with van der Waals surface area (Å²) in [5.41, 5.74) is 0.768. The van der Waals surface area contributed by atoms with Gasteiger partial charge in [0.2, 0.25) is 11.8 Å². The summed E-state index contributed by atoms with van der Waals surface area (Å²) in [6.45, 7) is 3.02. The van der Waals surface area contributed by atoms with Gasteiger partial charge in [-0.15, -0.1) is 10.2 Å². The number of benzene rings is 1. The summed E-state index contributed by atoms with van der Waals surface area (Å²) in [6.07, 6.45) is 0.244. The molecule has 4 rings (SSSR count). The van der Waals surface area contributed by atoms with Gasteiger partial charge in [-0.25, -0.2) is 0 Å². The fourth-order valence-corrected chi connectivity index (χ4v) is 4.04. The van der Waals surface area contributed by atoms with Crippen LogP contribution >= 0.6 is 0 Å². The number of carbonyl (C=O) groups is 2. The number of carbonyl (C=O) groups excluding carboxylic acids is 2. The minimum atomic E-state index is -0.315. The molecule has 0 aliphatic carbocycles. The van der Waals surface area contributed by atoms with Crippen molar-refractivity contribution in [1.29, 1.82) is 0 Å². The first-order valence-corrected chi connectivity index (χ1v) is 10.5. The van der Waals surface area contributed by atoms with Crippen molar-refractivity contribution >= 4 is 29.1 Å². The smallest absolute Gasteiger partial charge is 0.228 e. The molecule has 0 saturated carbocycles. The summed E-state index contributed by atoms with van der Waals surface area (Å²) in [7, 11) is 5.45. The minimum absolute atomic E-state index is 0.0264. The molecule has 3 heterocycles. The quantitative estimate of drug-likeness (QED) is 0.715. The van der Waals surface area contributed by atoms with Crippen LogP contribution in [0.25, 0.3) is 0 Å². The molecule has 9 nitrogen and oxygen atoms in total. The Bertz CT molecular complexity index is 941. The zero-order valence-electron chi connectivity index (χ0n) is 18.2. The normalized spacial score (nSPS) is 19.0. The average Bonchev–Trinajstić information content (AvgIpc) is 3.20. The van der Waals surface area contributed by atoms with E-state index in [-0.39, 0.29) is 24.2 Å². The number of methoxy groups -OCH3 is 1. The Morgan fingerprint density at radius 3 is 2.52 bits per heavy atom. The van der Waals surface area contributed by atoms with E-state index >= 15 is 0 Å². The van der Waals surface area contributed by atoms with E-state index in [9.17, 15) is 9.59 Å². The van der Waals surface area contributed by atoms with Crippen LogP contribution in [0.5, 0.6) is 5.75 Å². The Hall–Kier alpha value is -3.36. The van der Waals surface area contributed by atoms with Crippen molar-refractivity contribution in [3.63, 3.8) is 0 Å². The fraction of sp³-hybridized carbons (Fsp3) is 0.455. The minimum Gasteiger partial charge on any atom is -0.497 e. The van der Waals surface area contributed by atoms with Crippen molar-refractivity contribution in [2.45, 2.75) is 6.42 Å². The zero-order valence-corrected chi connectivity index (χ0v) is 18.2. The second-order valence-corrected chi connectivity index (χ2v) is 8.06. The number of piperazine rings is 1. The van der Waals surface area contributed by atoms with E-state index in [1.165, 1.54) is 0 Å². The summed E-state index contributed by atoms with van der Waals surface area (Å²) < 4.78 is 5.25. The van der Waals surface area contributed by atoms with E-state index in [1.54, 1.807) is 12.0 Å². The zero-order chi connectivity index (χ0) is 22.0. The highest BCUT2D eigenvalue weighted by Gasteiger charge is 2.38. The third kappa shape index (κ3) is 4.40. The van der Waals surface area contributed by atoms with Crippen molar-refractivity contribution in [2.24, 2.45) is 5.92 Å². The molecule has 2 aliphatic heterocycles. The number of rotatable bonds is 5. The van der Waals surface area contributed by atoms with E-state index in [4.69, 9.17) is 4.74 Å². The molecular formula is C22H28N6O3. The van der Waals surface area contributed by atoms with Crippen LogP contribution in [0.1, 0.15) is 6.42 Å². The first kappa shape index (κ1) is 20.9. The summed E-state index contributed by atoms with van der Waals surface area (Å²) >= 11 is 0. The Kier molecular flexibility index (Phi) is 5.92. The molecule has 9 heteroatoms. The molecule has 0 bridgehead atoms. The van der Waals surface area contributed by atoms with Crippen molar-refractivity contribution in [1.82, 2.24) is 15.1 Å². The molecule has 2 aliphatic rings. The molecule has 2 aromatic rings. The maximum absolute atomic E-state index is 13.1. The number of nitrogens with zero attached hydrogens (tertiary/aromatic N) is 6. The van der Waals surface area contributed by atoms with Crippen LogP contribution < -0.4 is 19.4 Å². The molecule has 0 spiro atoms. The van der Waals surface area contributed by atoms with Gasteiger partial charge in [-0.05, 0) is 24.3 Å². The molecule has 0 N–H and O–H groups in total. The Balaban J connectivity index is 1.35. The molecule has 1 unspecified atom stereocenters. The van der Waals surface area contributed by atoms with Crippen LogP contribution in [-0.4, -0.2) is 80.8 Å². The molecule has 1 atom stereocenters. The van der Waals surface area contributed by atoms with Gasteiger partial charge in [-0.2, -0.15) is 0 Å². The lowest BCUT2D eigenvalue weighted by Gasteiger charge is -2.36. The van der Waals surface area contributed by atoms with Crippen molar-refractivity contribution in [3.8, 4) is 5.75 Å². The summed E-state index contributed by atoms with van der Waals surface area (Å²) in [5.74, 6) is 2.03. The van der Waals surface area contributed by atoms with Gasteiger partial charge in [0.1, 0.15) is 5.75 Å². The van der Waals surface area contributed by atoms with E-state index in [0.29, 0.717) is 38.5 Å². The Morgan fingerprint density at radius 1 is 1.10 bits per heavy atom. The van der Waals surface area contributed by atoms with E-state index in [0.717, 1.165) is 17.3 Å². The van der Waals surface area contributed by atoms with Gasteiger partial charge in [0.25, 0.3) is 0 Å². The van der Waals surface area contributed by atoms with Crippen LogP contribution in [0, 0.1) is 5.92 Å². The molecule has 1 aromatic carbocycles. The van der Waals surface area contributed by atoms with Gasteiger partial charge >= 0.3 is 0 Å². The van der Waals surface area contributed by atoms with Crippen LogP contribution in [0.2, 0.25) is 0 Å². The predicted molar refractivity (Wildman–Crippen MR) is 119 cm³/mol. The van der Waals surface area contributed by atoms with Gasteiger partial charge in [0.05, 0.1) is 13.0 Å². The van der Waals surface area contributed by atoms with Crippen LogP contribution in [0.3, 0.4) is 0 Å². The summed E-state index contributed by atoms with van der Waals surface area (Å²) in [5, 5.41) is 8.54. The van der Waals surface area contributed by atoms with Gasteiger partial charge in [-0.3, -0.25) is 9.59 Å². The lowest BCUT2D eigenvalue weighted by Crippen LogP contribution is -2.51. The molecule has 1 aromatic heterocycles. The molecule has 31 heavy (non-hydrogen) atoms. The van der Waals surface area contributed by atoms with Crippen molar-refractivity contribution in [3.05, 3.63) is 36.4 Å². The topological polar surface area (TPSA) is 82.1 Å². The highest BCUT2D eigenvalue weighted by atomic mass is 16.5. The van der Waals surface area contributed by atoms with Gasteiger partial charge in [-0.1, -0.05) is 6.07 Å². The molecule has 2 amide bonds. The molecule has 2 saturated heterocycles. The summed E-state index contributed by atoms with van der Waals surface area (Å²) in [6, 6.07) is 11.3. The molecule has 2 fully saturated rings. The standard InChI is InChI=1S/C22H28N6O3/c1-25(2)19-7-8-20(24-23-19)26-9-11-27(12-10-26)22(30)16-13-21(29)28(15-16)17-5-4-6-18(14-17)31-3/h4-8,14,16H,9-13,15H2,1-3H3. The lowest BCUT2D eigenvalue weighted by atomic mass is 10.1. The highest BCUT2D eigenvalue weighted by molar-refractivity contribution is 6.00. The SMILES string of the molecule is COc1cccc(N2CC(C(=O)N3CCN(c4ccc(N(C)C)nn4)CC3)CC2=O)c1. The maximum Gasteiger partial charge on any atom is 0.228 e. The lowest BCUT2D eigenvalue weighted by molar-refractivity contribution is -0.136. The first-order chi connectivity index (χ1) is 15.0. The van der Waals surface area contributed by atoms with Crippen LogP contribution in [-0.2, 0) is 9.59 Å². The van der Waals surface area contributed by atoms with Crippen molar-refractivity contribution < 1.29 is 14.3 Å². The fourth-order valence-electron chi connectivity index (χ4n) is 4.04. The first-order valence-electron chi connectivity index (χ1n) is 10.5. The number of hydrogen-bond donors (Lipinski definition) is 0. The maximum atomic E-state index is 13.1. The van der Waals surface area contributed by atoms with Gasteiger partial charge in [0.15, 0.2) is 11.6 Å². The average molecular weight is 425 g/mol. The number of aromatic nitrogens is 2. The molecular weight excluding hydrogens is 396 g/mol. The summed E-state index contributed by atoms with van der Waals surface area (Å²) in [4.78, 5) is 33.2. The second-order valence-electron chi connectivity index (χ2n) is 8.06. The van der Waals surface area contributed by atoms with Gasteiger partial charge in [0, 0.05) is 65.0 Å². The molecule has 0 radical (unpaired) electrons. The third-order valence-electron chi connectivity index (χ3n) is 5.85. The largest absolute Gasteiger partial charge is 0.497 e. The van der Waals surface area contributed by atoms with E-state index in [1.807, 2.05) is 60.3 Å². The van der Waals surface area contributed by atoms with Crippen LogP contribution in [0.4, 0.5) is 17.3 Å².